The van der Waals surface area contributed by atoms with Crippen LogP contribution in [0, 0.1) is 5.41 Å². The molecule has 7 heteroatoms. The predicted molar refractivity (Wildman–Crippen MR) is 68.4 cm³/mol. The second-order valence-corrected chi connectivity index (χ2v) is 6.49. The van der Waals surface area contributed by atoms with Crippen LogP contribution in [0.2, 0.25) is 0 Å². The minimum atomic E-state index is -3.43. The van der Waals surface area contributed by atoms with Gasteiger partial charge in [-0.2, -0.15) is 12.7 Å². The van der Waals surface area contributed by atoms with Crippen molar-refractivity contribution in [2.75, 3.05) is 19.6 Å². The van der Waals surface area contributed by atoms with Gasteiger partial charge in [0.1, 0.15) is 0 Å². The Kier molecular flexibility index (Phi) is 5.12. The molecular formula is C11H22N2O4S. The van der Waals surface area contributed by atoms with Gasteiger partial charge in [0.2, 0.25) is 0 Å². The molecule has 0 aromatic rings. The molecule has 0 unspecified atom stereocenters. The summed E-state index contributed by atoms with van der Waals surface area (Å²) < 4.78 is 27.4. The Bertz CT molecular complexity index is 386. The summed E-state index contributed by atoms with van der Waals surface area (Å²) in [6.45, 7) is 4.58. The number of carboxylic acids is 1. The molecule has 0 radical (unpaired) electrons. The van der Waals surface area contributed by atoms with E-state index in [4.69, 9.17) is 0 Å². The number of hydrogen-bond acceptors (Lipinski definition) is 3. The first-order valence-corrected chi connectivity index (χ1v) is 7.80. The van der Waals surface area contributed by atoms with Crippen molar-refractivity contribution < 1.29 is 18.3 Å². The van der Waals surface area contributed by atoms with Crippen LogP contribution in [0.5, 0.6) is 0 Å². The van der Waals surface area contributed by atoms with E-state index < -0.39 is 21.6 Å². The van der Waals surface area contributed by atoms with Crippen LogP contribution in [-0.2, 0) is 15.0 Å². The smallest absolute Gasteiger partial charge is 0.309 e. The zero-order chi connectivity index (χ0) is 13.8. The second kappa shape index (κ2) is 5.99. The van der Waals surface area contributed by atoms with Gasteiger partial charge in [-0.05, 0) is 19.3 Å². The summed E-state index contributed by atoms with van der Waals surface area (Å²) in [6.07, 6.45) is 2.19. The summed E-state index contributed by atoms with van der Waals surface area (Å²) in [4.78, 5) is 11.4. The Morgan fingerprint density at radius 2 is 1.89 bits per heavy atom. The van der Waals surface area contributed by atoms with E-state index in [2.05, 4.69) is 4.72 Å². The first-order valence-electron chi connectivity index (χ1n) is 6.36. The maximum atomic E-state index is 11.8. The molecule has 18 heavy (non-hydrogen) atoms. The molecule has 1 aliphatic rings. The largest absolute Gasteiger partial charge is 0.481 e. The standard InChI is InChI=1S/C11H22N2O4S/c1-3-5-11(10(14)15)6-8-13(9-7-11)18(16,17)12-4-2/h12H,3-9H2,1-2H3,(H,14,15). The number of piperidine rings is 1. The highest BCUT2D eigenvalue weighted by atomic mass is 32.2. The van der Waals surface area contributed by atoms with Crippen LogP contribution in [0.3, 0.4) is 0 Å². The van der Waals surface area contributed by atoms with Crippen LogP contribution in [0.15, 0.2) is 0 Å². The Hall–Kier alpha value is -0.660. The highest BCUT2D eigenvalue weighted by Crippen LogP contribution is 2.36. The zero-order valence-corrected chi connectivity index (χ0v) is 11.8. The lowest BCUT2D eigenvalue weighted by atomic mass is 9.75. The summed E-state index contributed by atoms with van der Waals surface area (Å²) in [5, 5.41) is 9.33. The number of carboxylic acid groups (broad SMARTS) is 1. The monoisotopic (exact) mass is 278 g/mol. The Balaban J connectivity index is 2.72. The molecule has 0 bridgehead atoms. The molecule has 0 amide bonds. The Labute approximate surface area is 109 Å². The van der Waals surface area contributed by atoms with Crippen molar-refractivity contribution in [3.63, 3.8) is 0 Å². The SMILES string of the molecule is CCCC1(C(=O)O)CCN(S(=O)(=O)NCC)CC1. The Morgan fingerprint density at radius 3 is 2.28 bits per heavy atom. The van der Waals surface area contributed by atoms with E-state index in [1.54, 1.807) is 6.92 Å². The molecule has 2 N–H and O–H groups in total. The normalized spacial score (nSPS) is 20.8. The van der Waals surface area contributed by atoms with Crippen LogP contribution in [-0.4, -0.2) is 43.4 Å². The molecule has 1 fully saturated rings. The van der Waals surface area contributed by atoms with Crippen LogP contribution < -0.4 is 4.72 Å². The lowest BCUT2D eigenvalue weighted by molar-refractivity contribution is -0.152. The van der Waals surface area contributed by atoms with Gasteiger partial charge in [0.05, 0.1) is 5.41 Å². The van der Waals surface area contributed by atoms with Crippen molar-refractivity contribution in [2.45, 2.75) is 39.5 Å². The van der Waals surface area contributed by atoms with E-state index >= 15 is 0 Å². The van der Waals surface area contributed by atoms with Crippen molar-refractivity contribution in [3.8, 4) is 0 Å². The van der Waals surface area contributed by atoms with Crippen molar-refractivity contribution in [3.05, 3.63) is 0 Å². The fraction of sp³-hybridized carbons (Fsp3) is 0.909. The van der Waals surface area contributed by atoms with Crippen LogP contribution in [0.4, 0.5) is 0 Å². The second-order valence-electron chi connectivity index (χ2n) is 4.74. The number of nitrogens with one attached hydrogen (secondary N) is 1. The minimum absolute atomic E-state index is 0.279. The number of nitrogens with zero attached hydrogens (tertiary/aromatic N) is 1. The van der Waals surface area contributed by atoms with Crippen LogP contribution in [0.1, 0.15) is 39.5 Å². The van der Waals surface area contributed by atoms with E-state index in [1.165, 1.54) is 4.31 Å². The van der Waals surface area contributed by atoms with Crippen LogP contribution in [0.25, 0.3) is 0 Å². The topological polar surface area (TPSA) is 86.7 Å². The van der Waals surface area contributed by atoms with E-state index in [1.807, 2.05) is 6.92 Å². The van der Waals surface area contributed by atoms with Crippen molar-refractivity contribution in [2.24, 2.45) is 5.41 Å². The van der Waals surface area contributed by atoms with Gasteiger partial charge in [0.25, 0.3) is 10.2 Å². The van der Waals surface area contributed by atoms with Crippen molar-refractivity contribution >= 4 is 16.2 Å². The van der Waals surface area contributed by atoms with Gasteiger partial charge in [-0.1, -0.05) is 20.3 Å². The van der Waals surface area contributed by atoms with Crippen molar-refractivity contribution in [1.29, 1.82) is 0 Å². The molecule has 0 atom stereocenters. The number of carbonyl (C=O) groups is 1. The summed E-state index contributed by atoms with van der Waals surface area (Å²) in [5.41, 5.74) is -0.743. The van der Waals surface area contributed by atoms with Gasteiger partial charge in [-0.25, -0.2) is 4.72 Å². The summed E-state index contributed by atoms with van der Waals surface area (Å²) >= 11 is 0. The third kappa shape index (κ3) is 3.21. The molecule has 1 rings (SSSR count). The first-order chi connectivity index (χ1) is 8.38. The van der Waals surface area contributed by atoms with Gasteiger partial charge >= 0.3 is 5.97 Å². The molecule has 0 spiro atoms. The molecule has 1 aliphatic heterocycles. The first kappa shape index (κ1) is 15.4. The van der Waals surface area contributed by atoms with Gasteiger partial charge in [0, 0.05) is 19.6 Å². The lowest BCUT2D eigenvalue weighted by Crippen LogP contribution is -2.49. The van der Waals surface area contributed by atoms with Crippen LogP contribution >= 0.6 is 0 Å². The highest BCUT2D eigenvalue weighted by Gasteiger charge is 2.42. The molecule has 1 saturated heterocycles. The molecule has 106 valence electrons. The quantitative estimate of drug-likeness (QED) is 0.752. The van der Waals surface area contributed by atoms with E-state index in [-0.39, 0.29) is 13.1 Å². The molecule has 0 aliphatic carbocycles. The molecule has 0 saturated carbocycles. The summed E-state index contributed by atoms with van der Waals surface area (Å²) in [6, 6.07) is 0. The highest BCUT2D eigenvalue weighted by molar-refractivity contribution is 7.87. The van der Waals surface area contributed by atoms with Gasteiger partial charge in [-0.15, -0.1) is 0 Å². The summed E-state index contributed by atoms with van der Waals surface area (Å²) in [5.74, 6) is -0.801. The van der Waals surface area contributed by atoms with E-state index in [9.17, 15) is 18.3 Å². The number of hydrogen-bond donors (Lipinski definition) is 2. The molecule has 0 aromatic carbocycles. The average molecular weight is 278 g/mol. The average Bonchev–Trinajstić information content (AvgIpc) is 2.29. The zero-order valence-electron chi connectivity index (χ0n) is 11.0. The molecule has 0 aromatic heterocycles. The number of aliphatic carboxylic acids is 1. The maximum absolute atomic E-state index is 11.8. The fourth-order valence-electron chi connectivity index (χ4n) is 2.48. The maximum Gasteiger partial charge on any atom is 0.309 e. The van der Waals surface area contributed by atoms with Gasteiger partial charge in [0.15, 0.2) is 0 Å². The fourth-order valence-corrected chi connectivity index (χ4v) is 3.69. The number of rotatable bonds is 6. The molecule has 6 nitrogen and oxygen atoms in total. The van der Waals surface area contributed by atoms with E-state index in [0.29, 0.717) is 25.8 Å². The lowest BCUT2D eigenvalue weighted by Gasteiger charge is -2.38. The predicted octanol–water partition coefficient (Wildman–Crippen LogP) is 0.808. The van der Waals surface area contributed by atoms with Gasteiger partial charge in [-0.3, -0.25) is 4.79 Å². The minimum Gasteiger partial charge on any atom is -0.481 e. The third-order valence-electron chi connectivity index (χ3n) is 3.53. The molecule has 1 heterocycles. The molecular weight excluding hydrogens is 256 g/mol. The Morgan fingerprint density at radius 1 is 1.33 bits per heavy atom. The third-order valence-corrected chi connectivity index (χ3v) is 5.23. The van der Waals surface area contributed by atoms with Gasteiger partial charge < -0.3 is 5.11 Å². The summed E-state index contributed by atoms with van der Waals surface area (Å²) in [7, 11) is -3.43. The van der Waals surface area contributed by atoms with Crippen molar-refractivity contribution in [1.82, 2.24) is 9.03 Å². The van der Waals surface area contributed by atoms with E-state index in [0.717, 1.165) is 6.42 Å².